The smallest absolute Gasteiger partial charge is 0.399 e. The van der Waals surface area contributed by atoms with E-state index < -0.39 is 38.3 Å². The molecule has 6 rings (SSSR count). The van der Waals surface area contributed by atoms with E-state index in [2.05, 4.69) is 15.3 Å². The highest BCUT2D eigenvalue weighted by Crippen LogP contribution is 2.39. The highest BCUT2D eigenvalue weighted by molar-refractivity contribution is 6.34. The number of alkyl halides is 6. The molecule has 2 heterocycles. The monoisotopic (exact) mass is 798 g/mol. The van der Waals surface area contributed by atoms with Crippen molar-refractivity contribution in [1.82, 2.24) is 9.97 Å². The van der Waals surface area contributed by atoms with Gasteiger partial charge < -0.3 is 11.1 Å². The minimum atomic E-state index is -4.60. The molecule has 0 radical (unpaired) electrons. The normalized spacial score (nSPS) is 11.3. The number of nitro groups is 2. The second kappa shape index (κ2) is 16.1. The fourth-order valence-corrected chi connectivity index (χ4v) is 5.63. The lowest BCUT2D eigenvalue weighted by Gasteiger charge is -2.13. The standard InChI is InChI=1S/C17H11ClF3N3O2.C10H7ClN2O2.C7H5ClF3N/c1-9-2-4-12-11(15(9)24(25)26)6-7-22-16(12)23-10-3-5-14(18)13(8-10)17(19,20)21;1-6-2-3-8-7(9(6)13(14)15)4-5-12-10(8)11;8-6-2-1-4(12)3-5(6)7(9,10)11/h2-8H,1H3,(H,22,23);2-5H,1H3;1-3H,12H2. The number of aryl methyl sites for hydroxylation is 2. The van der Waals surface area contributed by atoms with Crippen LogP contribution in [0.2, 0.25) is 15.2 Å². The van der Waals surface area contributed by atoms with Crippen LogP contribution >= 0.6 is 34.8 Å². The van der Waals surface area contributed by atoms with E-state index in [-0.39, 0.29) is 38.7 Å². The molecule has 3 N–H and O–H groups in total. The molecule has 19 heteroatoms. The first-order valence-electron chi connectivity index (χ1n) is 14.7. The van der Waals surface area contributed by atoms with Gasteiger partial charge in [-0.3, -0.25) is 20.2 Å². The van der Waals surface area contributed by atoms with Crippen LogP contribution in [0.25, 0.3) is 21.5 Å². The first kappa shape index (κ1) is 40.3. The van der Waals surface area contributed by atoms with Crippen molar-refractivity contribution in [3.05, 3.63) is 143 Å². The van der Waals surface area contributed by atoms with Crippen LogP contribution in [0.15, 0.2) is 85.2 Å². The predicted octanol–water partition coefficient (Wildman–Crippen LogP) is 11.9. The Labute approximate surface area is 310 Å². The fourth-order valence-electron chi connectivity index (χ4n) is 4.96. The minimum absolute atomic E-state index is 0.0479. The van der Waals surface area contributed by atoms with Gasteiger partial charge in [0, 0.05) is 45.7 Å². The number of aromatic nitrogens is 2. The third kappa shape index (κ3) is 9.51. The van der Waals surface area contributed by atoms with E-state index >= 15 is 0 Å². The summed E-state index contributed by atoms with van der Waals surface area (Å²) in [6.07, 6.45) is -6.21. The predicted molar refractivity (Wildman–Crippen MR) is 192 cm³/mol. The van der Waals surface area contributed by atoms with E-state index in [1.54, 1.807) is 44.2 Å². The molecule has 0 saturated heterocycles. The number of nitrogens with one attached hydrogen (secondary N) is 1. The van der Waals surface area contributed by atoms with Crippen LogP contribution in [0.4, 0.5) is 54.9 Å². The maximum Gasteiger partial charge on any atom is 0.417 e. The summed E-state index contributed by atoms with van der Waals surface area (Å²) < 4.78 is 75.3. The Morgan fingerprint density at radius 3 is 1.62 bits per heavy atom. The largest absolute Gasteiger partial charge is 0.417 e. The molecule has 0 bridgehead atoms. The molecular weight excluding hydrogens is 777 g/mol. The summed E-state index contributed by atoms with van der Waals surface area (Å²) in [5, 5.41) is 26.4. The first-order valence-corrected chi connectivity index (χ1v) is 15.8. The Balaban J connectivity index is 0.000000196. The van der Waals surface area contributed by atoms with Crippen molar-refractivity contribution in [1.29, 1.82) is 0 Å². The average molecular weight is 800 g/mol. The molecule has 0 unspecified atom stereocenters. The third-order valence-corrected chi connectivity index (χ3v) is 8.34. The summed E-state index contributed by atoms with van der Waals surface area (Å²) in [6, 6.07) is 16.3. The Kier molecular flexibility index (Phi) is 12.2. The van der Waals surface area contributed by atoms with Gasteiger partial charge in [-0.1, -0.05) is 53.0 Å². The minimum Gasteiger partial charge on any atom is -0.399 e. The second-order valence-corrected chi connectivity index (χ2v) is 12.2. The summed E-state index contributed by atoms with van der Waals surface area (Å²) in [5.74, 6) is 0.209. The lowest BCUT2D eigenvalue weighted by molar-refractivity contribution is -0.383. The van der Waals surface area contributed by atoms with Crippen molar-refractivity contribution in [2.24, 2.45) is 0 Å². The highest BCUT2D eigenvalue weighted by atomic mass is 35.5. The zero-order chi connectivity index (χ0) is 39.4. The van der Waals surface area contributed by atoms with Crippen molar-refractivity contribution < 1.29 is 36.2 Å². The van der Waals surface area contributed by atoms with Crippen LogP contribution in [-0.4, -0.2) is 19.8 Å². The summed E-state index contributed by atoms with van der Waals surface area (Å²) in [7, 11) is 0. The van der Waals surface area contributed by atoms with E-state index in [4.69, 9.17) is 40.5 Å². The van der Waals surface area contributed by atoms with E-state index in [0.717, 1.165) is 24.3 Å². The molecule has 10 nitrogen and oxygen atoms in total. The summed E-state index contributed by atoms with van der Waals surface area (Å²) in [5.41, 5.74) is 4.57. The Morgan fingerprint density at radius 2 is 1.11 bits per heavy atom. The summed E-state index contributed by atoms with van der Waals surface area (Å²) >= 11 is 16.8. The first-order chi connectivity index (χ1) is 24.7. The molecule has 0 fully saturated rings. The van der Waals surface area contributed by atoms with Gasteiger partial charge in [0.1, 0.15) is 11.0 Å². The van der Waals surface area contributed by atoms with Gasteiger partial charge in [-0.2, -0.15) is 26.3 Å². The van der Waals surface area contributed by atoms with E-state index in [9.17, 15) is 46.6 Å². The zero-order valence-corrected chi connectivity index (χ0v) is 29.3. The molecule has 0 aliphatic rings. The van der Waals surface area contributed by atoms with Crippen molar-refractivity contribution in [3.8, 4) is 0 Å². The van der Waals surface area contributed by atoms with Gasteiger partial charge in [0.25, 0.3) is 11.4 Å². The van der Waals surface area contributed by atoms with Gasteiger partial charge >= 0.3 is 12.4 Å². The number of fused-ring (bicyclic) bond motifs is 2. The number of halogens is 9. The molecule has 53 heavy (non-hydrogen) atoms. The number of hydrogen-bond donors (Lipinski definition) is 2. The Hall–Kier alpha value is -5.45. The summed E-state index contributed by atoms with van der Waals surface area (Å²) in [6.45, 7) is 3.31. The van der Waals surface area contributed by atoms with E-state index in [1.165, 1.54) is 30.6 Å². The van der Waals surface area contributed by atoms with Gasteiger partial charge in [0.2, 0.25) is 0 Å². The lowest BCUT2D eigenvalue weighted by Crippen LogP contribution is -2.07. The number of benzene rings is 4. The second-order valence-electron chi connectivity index (χ2n) is 11.0. The molecule has 0 atom stereocenters. The van der Waals surface area contributed by atoms with Crippen LogP contribution in [-0.2, 0) is 12.4 Å². The highest BCUT2D eigenvalue weighted by Gasteiger charge is 2.34. The Bertz CT molecular complexity index is 2360. The molecular formula is C34H23Cl3F6N6O4. The van der Waals surface area contributed by atoms with Crippen LogP contribution < -0.4 is 11.1 Å². The fraction of sp³-hybridized carbons (Fsp3) is 0.118. The van der Waals surface area contributed by atoms with Crippen LogP contribution in [0, 0.1) is 34.1 Å². The van der Waals surface area contributed by atoms with E-state index in [1.807, 2.05) is 0 Å². The van der Waals surface area contributed by atoms with Gasteiger partial charge in [0.05, 0.1) is 41.8 Å². The number of nitrogens with two attached hydrogens (primary N) is 1. The number of nitrogen functional groups attached to an aromatic ring is 1. The SMILES string of the molecule is Cc1ccc2c(Cl)nccc2c1[N+](=O)[O-].Cc1ccc2c(Nc3ccc(Cl)c(C(F)(F)F)c3)nccc2c1[N+](=O)[O-].Nc1ccc(Cl)c(C(F)(F)F)c1. The topological polar surface area (TPSA) is 150 Å². The zero-order valence-electron chi connectivity index (χ0n) is 27.0. The molecule has 2 aromatic heterocycles. The quantitative estimate of drug-likeness (QED) is 0.0588. The van der Waals surface area contributed by atoms with Crippen molar-refractivity contribution >= 4 is 84.9 Å². The molecule has 0 aliphatic carbocycles. The number of rotatable bonds is 4. The van der Waals surface area contributed by atoms with Crippen molar-refractivity contribution in [3.63, 3.8) is 0 Å². The Morgan fingerprint density at radius 1 is 0.642 bits per heavy atom. The van der Waals surface area contributed by atoms with Gasteiger partial charge in [0.15, 0.2) is 0 Å². The summed E-state index contributed by atoms with van der Waals surface area (Å²) in [4.78, 5) is 29.3. The molecule has 6 aromatic rings. The maximum atomic E-state index is 13.0. The van der Waals surface area contributed by atoms with Gasteiger partial charge in [-0.25, -0.2) is 9.97 Å². The third-order valence-electron chi connectivity index (χ3n) is 7.38. The number of nitro benzene ring substituents is 2. The molecule has 4 aromatic carbocycles. The van der Waals surface area contributed by atoms with Crippen LogP contribution in [0.1, 0.15) is 22.3 Å². The van der Waals surface area contributed by atoms with Crippen molar-refractivity contribution in [2.75, 3.05) is 11.1 Å². The maximum absolute atomic E-state index is 13.0. The molecule has 276 valence electrons. The number of anilines is 3. The van der Waals surface area contributed by atoms with Gasteiger partial charge in [-0.05, 0) is 68.4 Å². The number of nitrogens with zero attached hydrogens (tertiary/aromatic N) is 4. The van der Waals surface area contributed by atoms with Crippen molar-refractivity contribution in [2.45, 2.75) is 26.2 Å². The van der Waals surface area contributed by atoms with Crippen LogP contribution in [0.3, 0.4) is 0 Å². The van der Waals surface area contributed by atoms with Crippen LogP contribution in [0.5, 0.6) is 0 Å². The van der Waals surface area contributed by atoms with Gasteiger partial charge in [-0.15, -0.1) is 0 Å². The molecule has 0 saturated carbocycles. The molecule has 0 aliphatic heterocycles. The molecule has 0 spiro atoms. The lowest BCUT2D eigenvalue weighted by atomic mass is 10.1. The number of pyridine rings is 2. The molecule has 0 amide bonds. The number of hydrogen-bond acceptors (Lipinski definition) is 8. The average Bonchev–Trinajstić information content (AvgIpc) is 3.06. The van der Waals surface area contributed by atoms with E-state index in [0.29, 0.717) is 32.7 Å².